The molecule has 5 aromatic carbocycles. The molecule has 20 rings (SSSR count). The first kappa shape index (κ1) is 110. The van der Waals surface area contributed by atoms with E-state index in [1.807, 2.05) is 89.2 Å². The van der Waals surface area contributed by atoms with Crippen molar-refractivity contribution in [3.8, 4) is 29.1 Å². The Kier molecular flexibility index (Phi) is 37.4. The molecule has 0 aliphatic carbocycles. The summed E-state index contributed by atoms with van der Waals surface area (Å²) in [4.78, 5) is 21.5. The molecular weight excluding hydrogens is 2100 g/mol. The smallest absolute Gasteiger partial charge is 0.427 e. The number of nitrogens with one attached hydrogen (secondary N) is 5. The molecule has 10 fully saturated rings. The highest BCUT2D eigenvalue weighted by Crippen LogP contribution is 2.45. The number of phenolic OH excluding ortho intramolecular Hbond substituents is 1. The van der Waals surface area contributed by atoms with Crippen molar-refractivity contribution in [3.05, 3.63) is 214 Å². The summed E-state index contributed by atoms with van der Waals surface area (Å²) in [6.45, 7) is 14.0. The van der Waals surface area contributed by atoms with Gasteiger partial charge in [0.1, 0.15) is 196 Å². The molecule has 148 heavy (non-hydrogen) atoms. The van der Waals surface area contributed by atoms with Gasteiger partial charge in [-0.15, -0.1) is 25.5 Å². The molecular formula is C92H112BrF3N26O21S5. The van der Waals surface area contributed by atoms with Gasteiger partial charge in [-0.25, -0.2) is 23.4 Å². The number of nitrogens with zero attached hydrogens (tertiary/aromatic N) is 21. The van der Waals surface area contributed by atoms with Crippen LogP contribution in [0.2, 0.25) is 0 Å². The zero-order valence-electron chi connectivity index (χ0n) is 79.8. The van der Waals surface area contributed by atoms with E-state index in [2.05, 4.69) is 125 Å². The Hall–Kier alpha value is -10.8. The number of nitriles is 1. The molecule has 10 aliphatic rings. The van der Waals surface area contributed by atoms with Gasteiger partial charge in [-0.1, -0.05) is 180 Å². The highest BCUT2D eigenvalue weighted by atomic mass is 79.9. The third-order valence-corrected chi connectivity index (χ3v) is 30.4. The molecule has 10 aromatic rings. The van der Waals surface area contributed by atoms with Crippen molar-refractivity contribution in [3.63, 3.8) is 0 Å². The zero-order chi connectivity index (χ0) is 105. The summed E-state index contributed by atoms with van der Waals surface area (Å²) in [6.07, 6.45) is -12.4. The fourth-order valence-electron chi connectivity index (χ4n) is 16.9. The lowest BCUT2D eigenvalue weighted by Crippen LogP contribution is -2.59. The summed E-state index contributed by atoms with van der Waals surface area (Å²) in [6, 6.07) is 36.6. The predicted octanol–water partition coefficient (Wildman–Crippen LogP) is 1.99. The number of phenols is 1. The minimum atomic E-state index is -5.05. The van der Waals surface area contributed by atoms with Gasteiger partial charge in [0.25, 0.3) is 0 Å². The standard InChI is InChI=1S/C19H22F3N5O4S.C19H22N6O4S.C18H22BrN5O4S.C18H23N5O5S.C18H23N5O4S/c1-2-23-17-24-13-15(29)14(28)11(31-16(13)32-17)8-27-9-12(25-26-27)18(30,19(20,21)22)10-6-4-3-5-7-10;1-2-21-19-22-15-17(27)16(26)14(29-18(15)30-19)9-25-8-12(23-24-25)10-28-13-5-3-4-11(6-13)7-20;1-2-20-18-21-14-16(26)15(25)13(28-17(14)29-18)8-24-7-11(22-23-24)9-27-12-5-3-4-10(19)6-12;1-2-19-18-20-14-16(26)15(25)13(28-17(14)29-18)8-23-7-10(21-22-23)9-27-12-5-3-4-11(24)6-12;1-2-19-18-20-13-16(26)15(25)12(27-17(13)28-18)9-23-8-11(21-22-23)14(24)10-6-4-3-5-7-10/h3-7,9,11,13-16,28-30H,2,8H2,1H3,(H,23,24);3-6,8,14-18,26-27H,2,9-10H2,1H3,(H,21,22);3-7,13-17,25-26H,2,8-9H2,1H3,(H,20,21);3-7,13-17,24-26H,2,8-9H2,1H3,(H,19,20);3-8,12-17,24-26H,2,9H2,1H3,(H,19,20)/t11-,13-,14-,15-,16-,18?;14-,15-,16-,17-,18-;2*13-,14-,15-,16-,17-;12-,13-,14?,15-,16-,17-/m11111/s1. The highest BCUT2D eigenvalue weighted by Gasteiger charge is 2.60. The lowest BCUT2D eigenvalue weighted by atomic mass is 9.90. The largest absolute Gasteiger partial charge is 0.508 e. The first-order valence-electron chi connectivity index (χ1n) is 47.3. The number of fused-ring (bicyclic) bond motifs is 5. The fraction of sp³-hybridized carbons (Fsp3) is 0.500. The Labute approximate surface area is 874 Å². The van der Waals surface area contributed by atoms with Crippen LogP contribution in [0.4, 0.5) is 13.2 Å². The average Bonchev–Trinajstić information content (AvgIpc) is 1.24. The zero-order valence-corrected chi connectivity index (χ0v) is 85.5. The van der Waals surface area contributed by atoms with E-state index in [0.717, 1.165) is 44.0 Å². The molecule has 18 N–H and O–H groups in total. The van der Waals surface area contributed by atoms with Crippen molar-refractivity contribution in [2.75, 3.05) is 32.7 Å². The van der Waals surface area contributed by atoms with E-state index in [-0.39, 0.29) is 86.1 Å². The van der Waals surface area contributed by atoms with Gasteiger partial charge in [0.2, 0.25) is 5.60 Å². The molecule has 0 saturated carbocycles. The van der Waals surface area contributed by atoms with E-state index >= 15 is 0 Å². The van der Waals surface area contributed by atoms with Crippen molar-refractivity contribution in [2.45, 2.75) is 254 Å². The van der Waals surface area contributed by atoms with Gasteiger partial charge in [0.05, 0.1) is 106 Å². The van der Waals surface area contributed by atoms with Crippen LogP contribution in [0.3, 0.4) is 0 Å². The van der Waals surface area contributed by atoms with Crippen LogP contribution in [0.15, 0.2) is 194 Å². The lowest BCUT2D eigenvalue weighted by Gasteiger charge is -2.38. The van der Waals surface area contributed by atoms with Gasteiger partial charge in [-0.2, -0.15) is 18.4 Å². The number of ether oxygens (including phenoxy) is 8. The van der Waals surface area contributed by atoms with Crippen molar-refractivity contribution in [2.24, 2.45) is 25.0 Å². The van der Waals surface area contributed by atoms with Crippen LogP contribution >= 0.6 is 74.7 Å². The number of hydrogen-bond acceptors (Lipinski definition) is 42. The third kappa shape index (κ3) is 26.8. The quantitative estimate of drug-likeness (QED) is 0.0333. The number of aliphatic imine (C=N–C) groups is 5. The maximum Gasteiger partial charge on any atom is 0.427 e. The second kappa shape index (κ2) is 50.4. The summed E-state index contributed by atoms with van der Waals surface area (Å²) in [7, 11) is 0. The first-order chi connectivity index (χ1) is 71.3. The molecule has 0 bridgehead atoms. The maximum atomic E-state index is 13.9. The number of aromatic hydroxyl groups is 1. The minimum absolute atomic E-state index is 0.123. The van der Waals surface area contributed by atoms with Gasteiger partial charge in [0.15, 0.2) is 25.8 Å². The first-order valence-corrected chi connectivity index (χ1v) is 52.5. The number of hydrogen-bond donors (Lipinski definition) is 18. The number of aliphatic hydroxyl groups excluding tert-OH is 11. The van der Waals surface area contributed by atoms with Crippen LogP contribution in [0.25, 0.3) is 0 Å². The van der Waals surface area contributed by atoms with Gasteiger partial charge in [0, 0.05) is 43.3 Å². The molecule has 0 radical (unpaired) electrons. The number of alkyl halides is 3. The Bertz CT molecular complexity index is 6090. The molecule has 47 nitrogen and oxygen atoms in total. The summed E-state index contributed by atoms with van der Waals surface area (Å²) in [5.41, 5.74) is -2.86. The molecule has 5 aromatic heterocycles. The van der Waals surface area contributed by atoms with Crippen molar-refractivity contribution < 1.29 is 117 Å². The van der Waals surface area contributed by atoms with Crippen LogP contribution in [0, 0.1) is 11.3 Å². The van der Waals surface area contributed by atoms with Crippen molar-refractivity contribution in [1.82, 2.24) is 102 Å². The van der Waals surface area contributed by atoms with Crippen LogP contribution in [-0.2, 0) is 81.8 Å². The topological polar surface area (TPSA) is 636 Å². The van der Waals surface area contributed by atoms with E-state index in [1.54, 1.807) is 81.3 Å². The van der Waals surface area contributed by atoms with Crippen molar-refractivity contribution in [1.29, 1.82) is 5.26 Å². The second-order valence-electron chi connectivity index (χ2n) is 34.8. The van der Waals surface area contributed by atoms with E-state index in [9.17, 15) is 79.6 Å². The highest BCUT2D eigenvalue weighted by molar-refractivity contribution is 9.10. The Morgan fingerprint density at radius 3 is 1.07 bits per heavy atom. The van der Waals surface area contributed by atoms with Crippen molar-refractivity contribution >= 4 is 101 Å². The molecule has 0 spiro atoms. The third-order valence-electron chi connectivity index (χ3n) is 24.4. The van der Waals surface area contributed by atoms with Crippen LogP contribution in [0.5, 0.6) is 23.0 Å². The predicted molar refractivity (Wildman–Crippen MR) is 538 cm³/mol. The summed E-state index contributed by atoms with van der Waals surface area (Å²) < 4.78 is 96.6. The monoisotopic (exact) mass is 2210 g/mol. The normalized spacial score (nSPS) is 30.6. The van der Waals surface area contributed by atoms with Gasteiger partial charge >= 0.3 is 6.18 Å². The van der Waals surface area contributed by atoms with Crippen LogP contribution < -0.4 is 40.8 Å². The second-order valence-corrected chi connectivity index (χ2v) is 41.1. The van der Waals surface area contributed by atoms with E-state index < -0.39 is 150 Å². The van der Waals surface area contributed by atoms with Gasteiger partial charge in [-0.05, 0) is 94.3 Å². The molecule has 794 valence electrons. The average molecular weight is 2220 g/mol. The Morgan fingerprint density at radius 2 is 0.723 bits per heavy atom. The molecule has 2 unspecified atom stereocenters. The van der Waals surface area contributed by atoms with Gasteiger partial charge < -0.3 is 131 Å². The molecule has 27 atom stereocenters. The number of rotatable bonds is 28. The SMILES string of the molecule is CCN=C1N[C@@H]2[C@@H](O)[C@H](O)[C@@H](Cn3cc(C(O)(c4ccccc4)C(F)(F)F)nn3)O[C@@H]2S1.CCN=C1N[C@@H]2[C@@H](O)[C@H](O)[C@@H](Cn3cc(C(O)c4ccccc4)nn3)O[C@@H]2S1.CCN=C1N[C@@H]2[C@@H](O)[C@H](O)[C@@H](Cn3cc(COc4cccc(Br)c4)nn3)O[C@@H]2S1.CCN=C1N[C@@H]2[C@@H](O)[C@H](O)[C@@H](Cn3cc(COc4cccc(C#N)c4)nn3)O[C@@H]2S1.CCN=C1N[C@@H]2[C@@H](O)[C@H](O)[C@@H](Cn3cc(COc4cccc(O)c4)nn3)O[C@@H]2S1. The Balaban J connectivity index is 0.000000132. The van der Waals surface area contributed by atoms with Gasteiger partial charge in [-0.3, -0.25) is 25.0 Å². The molecule has 56 heteroatoms. The minimum Gasteiger partial charge on any atom is -0.508 e. The summed E-state index contributed by atoms with van der Waals surface area (Å²) >= 11 is 10.3. The number of benzene rings is 5. The number of aromatic nitrogens is 15. The fourth-order valence-corrected chi connectivity index (χ4v) is 23.3. The number of thioether (sulfide) groups is 5. The number of amidine groups is 5. The van der Waals surface area contributed by atoms with Crippen LogP contribution in [0.1, 0.15) is 85.9 Å². The lowest BCUT2D eigenvalue weighted by molar-refractivity contribution is -0.249. The van der Waals surface area contributed by atoms with Crippen LogP contribution in [-0.4, -0.2) is 355 Å². The number of halogens is 4. The van der Waals surface area contributed by atoms with E-state index in [1.165, 1.54) is 87.8 Å². The molecule has 15 heterocycles. The molecule has 0 amide bonds. The summed E-state index contributed by atoms with van der Waals surface area (Å²) in [5.74, 6) is 1.94. The molecule has 10 aliphatic heterocycles. The Morgan fingerprint density at radius 1 is 0.405 bits per heavy atom. The van der Waals surface area contributed by atoms with E-state index in [0.29, 0.717) is 93.2 Å². The van der Waals surface area contributed by atoms with E-state index in [4.69, 9.17) is 43.2 Å². The maximum absolute atomic E-state index is 13.9. The molecule has 10 saturated heterocycles. The summed E-state index contributed by atoms with van der Waals surface area (Å²) in [5, 5.41) is 203. The number of aliphatic hydroxyl groups is 12.